The Kier molecular flexibility index (Phi) is 33.2. The number of H-pyrrole nitrogens is 1. The van der Waals surface area contributed by atoms with Crippen molar-refractivity contribution >= 4 is 51.6 Å². The fourth-order valence-corrected chi connectivity index (χ4v) is 21.0. The minimum absolute atomic E-state index is 0.00994. The van der Waals surface area contributed by atoms with E-state index in [1.165, 1.54) is 26.8 Å². The van der Waals surface area contributed by atoms with Gasteiger partial charge in [-0.15, -0.1) is 0 Å². The summed E-state index contributed by atoms with van der Waals surface area (Å²) in [6, 6.07) is 64.1. The molecule has 0 spiro atoms. The number of benzene rings is 8. The number of rotatable bonds is 46. The Hall–Kier alpha value is -10.9. The van der Waals surface area contributed by atoms with Gasteiger partial charge in [0.15, 0.2) is 0 Å². The molecule has 2 aromatic heterocycles. The van der Waals surface area contributed by atoms with E-state index in [2.05, 4.69) is 94.3 Å². The molecule has 2 aliphatic carbocycles. The van der Waals surface area contributed by atoms with Crippen molar-refractivity contribution in [3.05, 3.63) is 291 Å². The summed E-state index contributed by atoms with van der Waals surface area (Å²) in [6.07, 6.45) is -7.03. The van der Waals surface area contributed by atoms with Gasteiger partial charge in [-0.05, 0) is 62.1 Å². The van der Waals surface area contributed by atoms with Crippen LogP contribution in [-0.4, -0.2) is 226 Å². The van der Waals surface area contributed by atoms with E-state index in [0.29, 0.717) is 46.7 Å². The predicted molar refractivity (Wildman–Crippen MR) is 506 cm³/mol. The van der Waals surface area contributed by atoms with E-state index >= 15 is 0 Å². The monoisotopic (exact) mass is 1870 g/mol. The third-order valence-electron chi connectivity index (χ3n) is 24.3. The van der Waals surface area contributed by atoms with Crippen LogP contribution in [0.1, 0.15) is 141 Å². The number of nitrogens with zero attached hydrogens (tertiary/aromatic N) is 8. The summed E-state index contributed by atoms with van der Waals surface area (Å²) in [5.74, 6) is 0.563. The molecule has 0 saturated carbocycles. The topological polar surface area (TPSA) is 410 Å². The van der Waals surface area contributed by atoms with Crippen LogP contribution < -0.4 is 42.0 Å². The van der Waals surface area contributed by atoms with E-state index in [0.717, 1.165) is 50.1 Å². The molecule has 710 valence electrons. The summed E-state index contributed by atoms with van der Waals surface area (Å²) in [6.45, 7) is 16.2. The molecule has 36 heteroatoms. The number of aromatic nitrogens is 4. The number of methoxy groups -OCH3 is 2. The van der Waals surface area contributed by atoms with Crippen LogP contribution in [0.5, 0.6) is 11.5 Å². The fourth-order valence-electron chi connectivity index (χ4n) is 17.6. The number of nitrogens with one attached hydrogen (secondary N) is 5. The Bertz CT molecular complexity index is 5600. The van der Waals surface area contributed by atoms with E-state index in [9.17, 15) is 39.7 Å². The Labute approximate surface area is 780 Å². The Morgan fingerprint density at radius 3 is 1.89 bits per heavy atom. The summed E-state index contributed by atoms with van der Waals surface area (Å²) in [5.41, 5.74) is 16.4. The molecule has 0 radical (unpaired) electrons. The van der Waals surface area contributed by atoms with Crippen molar-refractivity contribution in [1.82, 2.24) is 49.9 Å². The molecule has 3 aliphatic heterocycles. The van der Waals surface area contributed by atoms with Crippen molar-refractivity contribution in [2.75, 3.05) is 92.4 Å². The number of imidazole rings is 1. The first-order valence-corrected chi connectivity index (χ1v) is 47.9. The summed E-state index contributed by atoms with van der Waals surface area (Å²) in [7, 11) is -2.25. The number of nitrogens with two attached hydrogens (primary N) is 1. The van der Waals surface area contributed by atoms with E-state index in [4.69, 9.17) is 73.1 Å². The number of aromatic amines is 1. The molecule has 5 aliphatic rings. The van der Waals surface area contributed by atoms with Crippen molar-refractivity contribution in [3.63, 3.8) is 0 Å². The van der Waals surface area contributed by atoms with Crippen LogP contribution in [0.4, 0.5) is 10.7 Å². The van der Waals surface area contributed by atoms with Gasteiger partial charge in [0.1, 0.15) is 12.8 Å². The molecule has 12 N–H and O–H groups in total. The summed E-state index contributed by atoms with van der Waals surface area (Å²) >= 11 is 0. The molecule has 10 aromatic rings. The molecule has 0 bridgehead atoms. The molecule has 2 fully saturated rings. The molecular weight excluding hydrogens is 1760 g/mol. The third-order valence-corrected chi connectivity index (χ3v) is 28.1. The van der Waals surface area contributed by atoms with E-state index in [-0.39, 0.29) is 138 Å². The number of hydrogen-bond acceptors (Lipinski definition) is 29. The quantitative estimate of drug-likeness (QED) is 0.00555. The second-order valence-electron chi connectivity index (χ2n) is 33.8. The fraction of sp³-hybridized carbons (Fsp3) is 0.398. The summed E-state index contributed by atoms with van der Waals surface area (Å²) in [5, 5.41) is 57.3. The van der Waals surface area contributed by atoms with Gasteiger partial charge < -0.3 is 24.6 Å². The normalized spacial score (nSPS) is 19.2. The molecule has 15 rings (SSSR count). The number of ether oxygens (including phenoxy) is 7. The predicted octanol–water partition coefficient (Wildman–Crippen LogP) is 12.3. The van der Waals surface area contributed by atoms with Crippen LogP contribution in [0.15, 0.2) is 229 Å². The number of amides is 2. The number of fused-ring (bicyclic) bond motifs is 7. The molecule has 2 saturated heterocycles. The maximum atomic E-state index is 14.2. The van der Waals surface area contributed by atoms with Crippen LogP contribution in [0.3, 0.4) is 0 Å². The van der Waals surface area contributed by atoms with Gasteiger partial charge in [-0.25, -0.2) is 4.79 Å². The SMILES string of the molecule is [C-]#[N+]CCO[PH](O)(OC[C@H]1OC(N2C=CC(NC(=O)CCCN(C)C(=O)OCC3c4ccccc4-c4ccccc43)=NC2O)CC1OP(OCCCN)N(C(C)C)C(C)C)OC1C[C@H](n2cnc3c(=O)[nH]c(NC(O)CCNC(O)c4ccc(CNC(O)OCC5c6ccccc6-c6ccccc65)cc4)nc32)OC1COC(c1ccccc1)(c1ccc(OC)cc1)c1ccc(OC)cc1. The summed E-state index contributed by atoms with van der Waals surface area (Å²) < 4.78 is 81.8. The average Bonchev–Trinajstić information content (AvgIpc) is 0.757. The first kappa shape index (κ1) is 97.6. The Morgan fingerprint density at radius 2 is 1.29 bits per heavy atom. The van der Waals surface area contributed by atoms with Gasteiger partial charge in [-0.3, -0.25) is 10.6 Å². The minimum atomic E-state index is -5.15. The van der Waals surface area contributed by atoms with Crippen LogP contribution in [-0.2, 0) is 63.2 Å². The third kappa shape index (κ3) is 23.2. The molecule has 9 unspecified atom stereocenters. The second kappa shape index (κ2) is 45.6. The van der Waals surface area contributed by atoms with Crippen molar-refractivity contribution in [2.45, 2.75) is 164 Å². The van der Waals surface area contributed by atoms with Crippen molar-refractivity contribution < 1.29 is 90.7 Å². The van der Waals surface area contributed by atoms with Gasteiger partial charge in [-0.2, -0.15) is 0 Å². The van der Waals surface area contributed by atoms with Gasteiger partial charge in [0.25, 0.3) is 0 Å². The van der Waals surface area contributed by atoms with Gasteiger partial charge in [-0.1, -0.05) is 121 Å². The van der Waals surface area contributed by atoms with E-state index < -0.39 is 109 Å². The van der Waals surface area contributed by atoms with Crippen LogP contribution in [0.25, 0.3) is 38.3 Å². The Balaban J connectivity index is 0.641. The average molecular weight is 1870 g/mol. The van der Waals surface area contributed by atoms with Crippen molar-refractivity contribution in [1.29, 1.82) is 0 Å². The number of aliphatic hydroxyl groups is 4. The maximum absolute atomic E-state index is 14.2. The number of anilines is 1. The molecular formula is C98H118N14O20P2. The van der Waals surface area contributed by atoms with Crippen LogP contribution in [0, 0.1) is 6.57 Å². The zero-order valence-electron chi connectivity index (χ0n) is 75.9. The first-order chi connectivity index (χ1) is 65.0. The Morgan fingerprint density at radius 1 is 0.709 bits per heavy atom. The van der Waals surface area contributed by atoms with Gasteiger partial charge in [0, 0.05) is 32.0 Å². The standard InChI is InChI=1S/C98H118N14O20P2/c1-62(2)112(63(3)4)133(126-52-21-47-99)131-81-54-88(110-51-46-85(105-95(110)117)104-86(113)32-20-50-109(6)97(119)124-58-80-77-30-18-14-26-73(77)74-27-15-19-31-78(74)80)130-84(81)60-128-134(120,127-53-49-100-5)132-82-55-89(129-83(82)59-125-98(66-22-10-9-11-23-66,67-37-41-69(121-7)42-38-67)68-39-43-70(122-8)44-40-68)111-61-103-90-91(111)107-94(108-93(90)116)106-87(114)45-48-101-92(115)65-35-33-64(34-36-65)56-102-96(118)123-57-79-75-28-16-12-24-71(75)72-25-13-17-29-76(72)79/h9-19,22-31,33-44,46,51,61-63,79-84,87-89,92,95-96,101-102,114-115,117-118,120,134H,20-21,32,45,47-50,52-60,99H2,1-4,6-8H3,(H,104,105,113)(H2,106,107,108,116)/t81?,82?,83?,84-,87?,88?,89-,92?,95?,96?,133?/m1/s1. The molecule has 5 heterocycles. The molecule has 8 aromatic carbocycles. The van der Waals surface area contributed by atoms with Crippen molar-refractivity contribution in [2.24, 2.45) is 10.7 Å². The second-order valence-corrected chi connectivity index (χ2v) is 37.0. The van der Waals surface area contributed by atoms with Gasteiger partial charge >= 0.3 is 503 Å². The zero-order valence-corrected chi connectivity index (χ0v) is 77.7. The summed E-state index contributed by atoms with van der Waals surface area (Å²) in [4.78, 5) is 77.3. The van der Waals surface area contributed by atoms with Crippen molar-refractivity contribution in [3.8, 4) is 33.8 Å². The van der Waals surface area contributed by atoms with Crippen LogP contribution >= 0.6 is 16.7 Å². The number of carbonyl (C=O) groups excluding carboxylic acids is 2. The van der Waals surface area contributed by atoms with Crippen LogP contribution in [0.2, 0.25) is 0 Å². The molecule has 134 heavy (non-hydrogen) atoms. The zero-order chi connectivity index (χ0) is 94.0. The van der Waals surface area contributed by atoms with E-state index in [1.54, 1.807) is 39.6 Å². The number of aliphatic imine (C=N–C) groups is 1. The number of amidine groups is 1. The molecule has 11 atom stereocenters. The number of carbonyl (C=O) groups is 2. The first-order valence-electron chi connectivity index (χ1n) is 45.1. The number of hydrogen-bond donors (Lipinski definition) is 11. The number of aliphatic hydroxyl groups excluding tert-OH is 4. The molecule has 2 amide bonds. The van der Waals surface area contributed by atoms with Gasteiger partial charge in [0.2, 0.25) is 6.41 Å². The van der Waals surface area contributed by atoms with Gasteiger partial charge in [0.05, 0.1) is 6.61 Å². The van der Waals surface area contributed by atoms with E-state index in [1.807, 2.05) is 167 Å². The molecule has 34 nitrogen and oxygen atoms in total.